The molecule has 1 fully saturated rings. The van der Waals surface area contributed by atoms with Crippen LogP contribution in [0.5, 0.6) is 0 Å². The van der Waals surface area contributed by atoms with E-state index in [1.165, 1.54) is 6.07 Å². The van der Waals surface area contributed by atoms with Crippen LogP contribution in [0.3, 0.4) is 0 Å². The molecule has 1 aromatic heterocycles. The number of nitrogens with zero attached hydrogens (tertiary/aromatic N) is 3. The third-order valence-electron chi connectivity index (χ3n) is 4.45. The van der Waals surface area contributed by atoms with Crippen molar-refractivity contribution in [2.24, 2.45) is 5.92 Å². The van der Waals surface area contributed by atoms with Crippen molar-refractivity contribution in [2.45, 2.75) is 24.7 Å². The van der Waals surface area contributed by atoms with E-state index in [0.29, 0.717) is 23.0 Å². The number of anilines is 1. The van der Waals surface area contributed by atoms with Crippen molar-refractivity contribution in [3.63, 3.8) is 0 Å². The number of benzene rings is 1. The van der Waals surface area contributed by atoms with Crippen molar-refractivity contribution in [3.05, 3.63) is 47.2 Å². The fourth-order valence-corrected chi connectivity index (χ4v) is 4.58. The van der Waals surface area contributed by atoms with E-state index >= 15 is 0 Å². The van der Waals surface area contributed by atoms with Crippen molar-refractivity contribution < 1.29 is 8.42 Å². The van der Waals surface area contributed by atoms with Gasteiger partial charge in [0.2, 0.25) is 16.0 Å². The van der Waals surface area contributed by atoms with E-state index in [9.17, 15) is 8.42 Å². The van der Waals surface area contributed by atoms with Gasteiger partial charge in [0, 0.05) is 37.1 Å². The van der Waals surface area contributed by atoms with Gasteiger partial charge < -0.3 is 4.90 Å². The van der Waals surface area contributed by atoms with Crippen LogP contribution in [0.1, 0.15) is 18.4 Å². The standard InChI is InChI=1S/C17H21ClN4O2S/c1-13-3-4-15(18)11-16(13)25(23,24)21-12-14-5-9-22(10-6-14)17-19-7-2-8-20-17/h2-4,7-8,11,14,21H,5-6,9-10,12H2,1H3. The molecule has 6 nitrogen and oxygen atoms in total. The van der Waals surface area contributed by atoms with Gasteiger partial charge >= 0.3 is 0 Å². The molecule has 2 aromatic rings. The van der Waals surface area contributed by atoms with Gasteiger partial charge in [0.05, 0.1) is 4.90 Å². The SMILES string of the molecule is Cc1ccc(Cl)cc1S(=O)(=O)NCC1CCN(c2ncccn2)CC1. The van der Waals surface area contributed by atoms with Crippen LogP contribution in [0.15, 0.2) is 41.6 Å². The number of hydrogen-bond acceptors (Lipinski definition) is 5. The molecule has 0 radical (unpaired) electrons. The zero-order valence-electron chi connectivity index (χ0n) is 14.0. The van der Waals surface area contributed by atoms with Crippen molar-refractivity contribution in [3.8, 4) is 0 Å². The fraction of sp³-hybridized carbons (Fsp3) is 0.412. The molecule has 1 N–H and O–H groups in total. The molecule has 2 heterocycles. The van der Waals surface area contributed by atoms with Crippen LogP contribution in [0.2, 0.25) is 5.02 Å². The summed E-state index contributed by atoms with van der Waals surface area (Å²) in [4.78, 5) is 10.9. The number of nitrogens with one attached hydrogen (secondary N) is 1. The largest absolute Gasteiger partial charge is 0.341 e. The van der Waals surface area contributed by atoms with E-state index in [0.717, 1.165) is 31.9 Å². The van der Waals surface area contributed by atoms with E-state index in [4.69, 9.17) is 11.6 Å². The molecule has 25 heavy (non-hydrogen) atoms. The van der Waals surface area contributed by atoms with Crippen molar-refractivity contribution in [2.75, 3.05) is 24.5 Å². The number of aromatic nitrogens is 2. The molecule has 134 valence electrons. The predicted molar refractivity (Wildman–Crippen MR) is 98.3 cm³/mol. The maximum atomic E-state index is 12.5. The molecule has 0 unspecified atom stereocenters. The Morgan fingerprint density at radius 3 is 2.60 bits per heavy atom. The third-order valence-corrected chi connectivity index (χ3v) is 6.25. The van der Waals surface area contributed by atoms with Gasteiger partial charge in [0.1, 0.15) is 0 Å². The third kappa shape index (κ3) is 4.48. The van der Waals surface area contributed by atoms with Crippen LogP contribution in [-0.4, -0.2) is 38.0 Å². The van der Waals surface area contributed by atoms with Crippen LogP contribution in [0.25, 0.3) is 0 Å². The Morgan fingerprint density at radius 2 is 1.92 bits per heavy atom. The molecule has 0 spiro atoms. The van der Waals surface area contributed by atoms with Gasteiger partial charge in [-0.05, 0) is 49.4 Å². The van der Waals surface area contributed by atoms with Crippen LogP contribution in [0.4, 0.5) is 5.95 Å². The number of sulfonamides is 1. The van der Waals surface area contributed by atoms with Crippen LogP contribution in [0, 0.1) is 12.8 Å². The average molecular weight is 381 g/mol. The van der Waals surface area contributed by atoms with Crippen LogP contribution >= 0.6 is 11.6 Å². The summed E-state index contributed by atoms with van der Waals surface area (Å²) >= 11 is 5.94. The molecule has 1 saturated heterocycles. The number of hydrogen-bond donors (Lipinski definition) is 1. The minimum Gasteiger partial charge on any atom is -0.341 e. The van der Waals surface area contributed by atoms with Gasteiger partial charge in [-0.1, -0.05) is 17.7 Å². The molecule has 1 aliphatic heterocycles. The van der Waals surface area contributed by atoms with Crippen LogP contribution < -0.4 is 9.62 Å². The maximum absolute atomic E-state index is 12.5. The molecule has 0 atom stereocenters. The molecular formula is C17H21ClN4O2S. The Hall–Kier alpha value is -1.70. The first-order chi connectivity index (χ1) is 12.0. The van der Waals surface area contributed by atoms with Crippen LogP contribution in [-0.2, 0) is 10.0 Å². The zero-order chi connectivity index (χ0) is 17.9. The van der Waals surface area contributed by atoms with Gasteiger partial charge in [-0.25, -0.2) is 23.1 Å². The minimum absolute atomic E-state index is 0.245. The molecular weight excluding hydrogens is 360 g/mol. The Kier molecular flexibility index (Phi) is 5.56. The highest BCUT2D eigenvalue weighted by atomic mass is 35.5. The molecule has 0 bridgehead atoms. The quantitative estimate of drug-likeness (QED) is 0.863. The monoisotopic (exact) mass is 380 g/mol. The Morgan fingerprint density at radius 1 is 1.24 bits per heavy atom. The van der Waals surface area contributed by atoms with E-state index < -0.39 is 10.0 Å². The molecule has 0 aliphatic carbocycles. The second-order valence-corrected chi connectivity index (χ2v) is 8.41. The second kappa shape index (κ2) is 7.68. The lowest BCUT2D eigenvalue weighted by molar-refractivity contribution is 0.399. The van der Waals surface area contributed by atoms with E-state index in [1.54, 1.807) is 37.5 Å². The first-order valence-corrected chi connectivity index (χ1v) is 10.1. The summed E-state index contributed by atoms with van der Waals surface area (Å²) in [7, 11) is -3.55. The summed E-state index contributed by atoms with van der Waals surface area (Å²) in [5.74, 6) is 1.03. The van der Waals surface area contributed by atoms with E-state index in [2.05, 4.69) is 19.6 Å². The van der Waals surface area contributed by atoms with E-state index in [1.807, 2.05) is 0 Å². The molecule has 3 rings (SSSR count). The highest BCUT2D eigenvalue weighted by Gasteiger charge is 2.23. The summed E-state index contributed by atoms with van der Waals surface area (Å²) in [6.07, 6.45) is 5.26. The van der Waals surface area contributed by atoms with E-state index in [-0.39, 0.29) is 4.90 Å². The molecule has 0 saturated carbocycles. The molecule has 1 aromatic carbocycles. The molecule has 1 aliphatic rings. The Balaban J connectivity index is 1.57. The predicted octanol–water partition coefficient (Wildman–Crippen LogP) is 2.63. The Labute approximate surface area is 153 Å². The van der Waals surface area contributed by atoms with Crippen molar-refractivity contribution >= 4 is 27.6 Å². The van der Waals surface area contributed by atoms with Gasteiger partial charge in [0.15, 0.2) is 0 Å². The summed E-state index contributed by atoms with van der Waals surface area (Å²) in [6.45, 7) is 3.85. The lowest BCUT2D eigenvalue weighted by Crippen LogP contribution is -2.39. The van der Waals surface area contributed by atoms with Gasteiger partial charge in [-0.3, -0.25) is 0 Å². The summed E-state index contributed by atoms with van der Waals surface area (Å²) < 4.78 is 27.8. The number of rotatable bonds is 5. The lowest BCUT2D eigenvalue weighted by atomic mass is 9.97. The fourth-order valence-electron chi connectivity index (χ4n) is 2.96. The minimum atomic E-state index is -3.55. The average Bonchev–Trinajstić information content (AvgIpc) is 2.63. The first kappa shape index (κ1) is 18.1. The molecule has 0 amide bonds. The first-order valence-electron chi connectivity index (χ1n) is 8.23. The summed E-state index contributed by atoms with van der Waals surface area (Å²) in [6, 6.07) is 6.70. The number of aryl methyl sites for hydroxylation is 1. The second-order valence-electron chi connectivity index (χ2n) is 6.24. The topological polar surface area (TPSA) is 75.2 Å². The number of piperidine rings is 1. The normalized spacial score (nSPS) is 16.2. The highest BCUT2D eigenvalue weighted by molar-refractivity contribution is 7.89. The summed E-state index contributed by atoms with van der Waals surface area (Å²) in [5.41, 5.74) is 0.688. The van der Waals surface area contributed by atoms with Gasteiger partial charge in [-0.15, -0.1) is 0 Å². The highest BCUT2D eigenvalue weighted by Crippen LogP contribution is 2.22. The lowest BCUT2D eigenvalue weighted by Gasteiger charge is -2.31. The van der Waals surface area contributed by atoms with Gasteiger partial charge in [-0.2, -0.15) is 0 Å². The smallest absolute Gasteiger partial charge is 0.240 e. The zero-order valence-corrected chi connectivity index (χ0v) is 15.6. The molecule has 8 heteroatoms. The van der Waals surface area contributed by atoms with Crippen molar-refractivity contribution in [1.82, 2.24) is 14.7 Å². The van der Waals surface area contributed by atoms with Gasteiger partial charge in [0.25, 0.3) is 0 Å². The summed E-state index contributed by atoms with van der Waals surface area (Å²) in [5, 5.41) is 0.419. The van der Waals surface area contributed by atoms with Crippen molar-refractivity contribution in [1.29, 1.82) is 0 Å². The maximum Gasteiger partial charge on any atom is 0.240 e. The Bertz CT molecular complexity index is 822. The number of halogens is 1.